The van der Waals surface area contributed by atoms with E-state index < -0.39 is 29.4 Å². The van der Waals surface area contributed by atoms with Gasteiger partial charge in [0, 0.05) is 19.3 Å². The molecule has 1 atom stereocenters. The van der Waals surface area contributed by atoms with Gasteiger partial charge in [-0.25, -0.2) is 14.4 Å². The molecule has 0 radical (unpaired) electrons. The first-order valence-electron chi connectivity index (χ1n) is 10.6. The van der Waals surface area contributed by atoms with Gasteiger partial charge in [0.25, 0.3) is 0 Å². The van der Waals surface area contributed by atoms with Crippen LogP contribution in [-0.4, -0.2) is 82.3 Å². The molecule has 0 saturated carbocycles. The minimum Gasteiger partial charge on any atom is -0.477 e. The van der Waals surface area contributed by atoms with Crippen molar-refractivity contribution in [2.24, 2.45) is 0 Å². The van der Waals surface area contributed by atoms with Crippen LogP contribution in [0.15, 0.2) is 12.3 Å². The molecule has 0 aliphatic carbocycles. The fraction of sp³-hybridized carbons (Fsp3) is 0.619. The van der Waals surface area contributed by atoms with Crippen LogP contribution in [0.1, 0.15) is 51.5 Å². The van der Waals surface area contributed by atoms with Crippen molar-refractivity contribution in [2.45, 2.75) is 52.2 Å². The first-order valence-corrected chi connectivity index (χ1v) is 11.0. The third-order valence-corrected chi connectivity index (χ3v) is 5.13. The van der Waals surface area contributed by atoms with Crippen molar-refractivity contribution in [3.05, 3.63) is 18.0 Å². The number of aromatic carboxylic acids is 1. The molecule has 1 aromatic heterocycles. The summed E-state index contributed by atoms with van der Waals surface area (Å²) in [6.07, 6.45) is 0.949. The van der Waals surface area contributed by atoms with E-state index in [4.69, 9.17) is 26.4 Å². The first-order chi connectivity index (χ1) is 15.3. The van der Waals surface area contributed by atoms with Gasteiger partial charge >= 0.3 is 18.2 Å². The van der Waals surface area contributed by atoms with E-state index in [1.807, 2.05) is 27.7 Å². The van der Waals surface area contributed by atoms with E-state index in [2.05, 4.69) is 10.3 Å². The van der Waals surface area contributed by atoms with Gasteiger partial charge in [0.1, 0.15) is 11.3 Å². The van der Waals surface area contributed by atoms with Gasteiger partial charge in [0.05, 0.1) is 31.0 Å². The normalized spacial score (nSPS) is 18.0. The van der Waals surface area contributed by atoms with E-state index >= 15 is 0 Å². The number of carbonyl (C=O) groups excluding carboxylic acids is 2. The number of ether oxygens (including phenoxy) is 3. The van der Waals surface area contributed by atoms with Crippen LogP contribution in [0, 0.1) is 0 Å². The predicted molar refractivity (Wildman–Crippen MR) is 125 cm³/mol. The second kappa shape index (κ2) is 10.8. The summed E-state index contributed by atoms with van der Waals surface area (Å²) in [5.74, 6) is -1.17. The van der Waals surface area contributed by atoms with Gasteiger partial charge in [0.2, 0.25) is 0 Å². The summed E-state index contributed by atoms with van der Waals surface area (Å²) in [5, 5.41) is 11.9. The minimum absolute atomic E-state index is 0.0221. The summed E-state index contributed by atoms with van der Waals surface area (Å²) in [5.41, 5.74) is -0.990. The number of nitrogens with zero attached hydrogens (tertiary/aromatic N) is 2. The molecular formula is C21H32N4O7S. The van der Waals surface area contributed by atoms with E-state index in [0.29, 0.717) is 19.5 Å². The molecule has 33 heavy (non-hydrogen) atoms. The maximum absolute atomic E-state index is 12.3. The fourth-order valence-electron chi connectivity index (χ4n) is 3.33. The fourth-order valence-corrected chi connectivity index (χ4v) is 3.60. The molecular weight excluding hydrogens is 452 g/mol. The molecule has 0 spiro atoms. The lowest BCUT2D eigenvalue weighted by atomic mass is 10.1. The standard InChI is InChI=1S/C21H32N4O7S/c1-6-30-18(28)23-17(33)25(14-7-9-22-15(14)16(26)27)11-12-31-21(5)8-10-24(13-21)19(29)32-20(2,3)4/h7,9,22H,6,8,10-13H2,1-5H3,(H,26,27)(H,23,28,33). The van der Waals surface area contributed by atoms with Gasteiger partial charge in [-0.3, -0.25) is 5.32 Å². The Balaban J connectivity index is 2.04. The third kappa shape index (κ3) is 7.60. The van der Waals surface area contributed by atoms with E-state index in [0.717, 1.165) is 0 Å². The van der Waals surface area contributed by atoms with Crippen LogP contribution in [0.2, 0.25) is 0 Å². The zero-order chi connectivity index (χ0) is 24.8. The van der Waals surface area contributed by atoms with Crippen molar-refractivity contribution in [3.63, 3.8) is 0 Å². The number of carboxylic acid groups (broad SMARTS) is 1. The maximum atomic E-state index is 12.3. The number of carboxylic acids is 1. The zero-order valence-corrected chi connectivity index (χ0v) is 20.4. The number of H-pyrrole nitrogens is 1. The average molecular weight is 485 g/mol. The molecule has 2 heterocycles. The molecule has 11 nitrogen and oxygen atoms in total. The Morgan fingerprint density at radius 2 is 2.06 bits per heavy atom. The lowest BCUT2D eigenvalue weighted by Gasteiger charge is -2.29. The van der Waals surface area contributed by atoms with Crippen molar-refractivity contribution in [1.29, 1.82) is 0 Å². The molecule has 1 fully saturated rings. The first kappa shape index (κ1) is 26.4. The lowest BCUT2D eigenvalue weighted by molar-refractivity contribution is -0.0233. The van der Waals surface area contributed by atoms with Crippen LogP contribution in [0.4, 0.5) is 15.3 Å². The molecule has 2 amide bonds. The Morgan fingerprint density at radius 1 is 1.36 bits per heavy atom. The highest BCUT2D eigenvalue weighted by Crippen LogP contribution is 2.27. The highest BCUT2D eigenvalue weighted by molar-refractivity contribution is 7.80. The van der Waals surface area contributed by atoms with Crippen molar-refractivity contribution < 1.29 is 33.7 Å². The van der Waals surface area contributed by atoms with Gasteiger partial charge in [-0.2, -0.15) is 0 Å². The summed E-state index contributed by atoms with van der Waals surface area (Å²) in [6, 6.07) is 1.55. The number of alkyl carbamates (subject to hydrolysis) is 1. The number of nitrogens with one attached hydrogen (secondary N) is 2. The number of rotatable bonds is 7. The van der Waals surface area contributed by atoms with E-state index in [-0.39, 0.29) is 36.3 Å². The molecule has 184 valence electrons. The number of amides is 2. The minimum atomic E-state index is -1.17. The smallest absolute Gasteiger partial charge is 0.413 e. The summed E-state index contributed by atoms with van der Waals surface area (Å²) in [7, 11) is 0. The molecule has 2 rings (SSSR count). The summed E-state index contributed by atoms with van der Waals surface area (Å²) in [6.45, 7) is 10.3. The van der Waals surface area contributed by atoms with Crippen LogP contribution >= 0.6 is 12.2 Å². The van der Waals surface area contributed by atoms with Gasteiger partial charge in [-0.15, -0.1) is 0 Å². The Kier molecular flexibility index (Phi) is 8.67. The molecule has 3 N–H and O–H groups in total. The number of aromatic amines is 1. The van der Waals surface area contributed by atoms with E-state index in [1.54, 1.807) is 17.9 Å². The maximum Gasteiger partial charge on any atom is 0.413 e. The van der Waals surface area contributed by atoms with Gasteiger partial charge in [-0.05, 0) is 59.3 Å². The average Bonchev–Trinajstić information content (AvgIpc) is 3.31. The number of carbonyl (C=O) groups is 3. The zero-order valence-electron chi connectivity index (χ0n) is 19.6. The van der Waals surface area contributed by atoms with E-state index in [9.17, 15) is 19.5 Å². The topological polar surface area (TPSA) is 133 Å². The van der Waals surface area contributed by atoms with Crippen LogP contribution < -0.4 is 10.2 Å². The largest absolute Gasteiger partial charge is 0.477 e. The summed E-state index contributed by atoms with van der Waals surface area (Å²) in [4.78, 5) is 41.5. The quantitative estimate of drug-likeness (QED) is 0.499. The Bertz CT molecular complexity index is 882. The highest BCUT2D eigenvalue weighted by atomic mass is 32.1. The molecule has 1 saturated heterocycles. The third-order valence-electron chi connectivity index (χ3n) is 4.81. The van der Waals surface area contributed by atoms with Gasteiger partial charge in [0.15, 0.2) is 5.11 Å². The molecule has 0 bridgehead atoms. The lowest BCUT2D eigenvalue weighted by Crippen LogP contribution is -2.46. The van der Waals surface area contributed by atoms with E-state index in [1.165, 1.54) is 11.1 Å². The second-order valence-corrected chi connectivity index (χ2v) is 9.18. The van der Waals surface area contributed by atoms with Crippen LogP contribution in [-0.2, 0) is 14.2 Å². The van der Waals surface area contributed by atoms with Crippen molar-refractivity contribution in [1.82, 2.24) is 15.2 Å². The van der Waals surface area contributed by atoms with Crippen molar-refractivity contribution in [2.75, 3.05) is 37.7 Å². The molecule has 0 aromatic carbocycles. The number of hydrogen-bond donors (Lipinski definition) is 3. The number of hydrogen-bond acceptors (Lipinski definition) is 7. The van der Waals surface area contributed by atoms with Gasteiger partial charge in [-0.1, -0.05) is 0 Å². The van der Waals surface area contributed by atoms with Crippen LogP contribution in [0.3, 0.4) is 0 Å². The molecule has 12 heteroatoms. The Labute approximate surface area is 198 Å². The highest BCUT2D eigenvalue weighted by Gasteiger charge is 2.38. The van der Waals surface area contributed by atoms with Crippen molar-refractivity contribution >= 4 is 41.2 Å². The summed E-state index contributed by atoms with van der Waals surface area (Å²) < 4.78 is 16.4. The van der Waals surface area contributed by atoms with Crippen LogP contribution in [0.25, 0.3) is 0 Å². The second-order valence-electron chi connectivity index (χ2n) is 8.80. The number of aromatic nitrogens is 1. The van der Waals surface area contributed by atoms with Crippen LogP contribution in [0.5, 0.6) is 0 Å². The summed E-state index contributed by atoms with van der Waals surface area (Å²) >= 11 is 5.32. The SMILES string of the molecule is CCOC(=O)NC(=S)N(CCOC1(C)CCN(C(=O)OC(C)(C)C)C1)c1cc[nH]c1C(=O)O. The predicted octanol–water partition coefficient (Wildman–Crippen LogP) is 2.97. The van der Waals surface area contributed by atoms with Gasteiger partial charge < -0.3 is 34.1 Å². The number of likely N-dealkylation sites (tertiary alicyclic amines) is 1. The Hall–Kier alpha value is -2.86. The molecule has 1 aliphatic rings. The monoisotopic (exact) mass is 484 g/mol. The number of anilines is 1. The molecule has 1 aromatic rings. The molecule has 1 aliphatic heterocycles. The van der Waals surface area contributed by atoms with Crippen molar-refractivity contribution in [3.8, 4) is 0 Å². The Morgan fingerprint density at radius 3 is 2.67 bits per heavy atom. The molecule has 1 unspecified atom stereocenters. The number of thiocarbonyl (C=S) groups is 1.